The van der Waals surface area contributed by atoms with E-state index in [4.69, 9.17) is 34.2 Å². The molecule has 4 atom stereocenters. The molecule has 11 nitrogen and oxygen atoms in total. The summed E-state index contributed by atoms with van der Waals surface area (Å²) in [5.74, 6) is -1.34. The highest BCUT2D eigenvalue weighted by atomic mass is 35.5. The molecule has 0 aliphatic carbocycles. The maximum Gasteiger partial charge on any atom is 0.459 e. The topological polar surface area (TPSA) is 137 Å². The zero-order valence-electron chi connectivity index (χ0n) is 29.2. The molecule has 1 aliphatic rings. The number of nitrogens with zero attached hydrogens (tertiary/aromatic N) is 1. The van der Waals surface area contributed by atoms with E-state index in [-0.39, 0.29) is 46.8 Å². The lowest BCUT2D eigenvalue weighted by molar-refractivity contribution is -0.144. The third-order valence-corrected chi connectivity index (χ3v) is 15.6. The zero-order valence-corrected chi connectivity index (χ0v) is 31.9. The van der Waals surface area contributed by atoms with Crippen LogP contribution >= 0.6 is 19.3 Å². The fourth-order valence-corrected chi connectivity index (χ4v) is 8.64. The van der Waals surface area contributed by atoms with Crippen LogP contribution in [0, 0.1) is 0 Å². The highest BCUT2D eigenvalue weighted by Crippen LogP contribution is 2.52. The summed E-state index contributed by atoms with van der Waals surface area (Å²) in [4.78, 5) is 28.4. The number of rotatable bonds is 12. The Bertz CT molecular complexity index is 1740. The second-order valence-electron chi connectivity index (χ2n) is 13.6. The Hall–Kier alpha value is -2.70. The number of piperidine rings is 1. The Labute approximate surface area is 288 Å². The van der Waals surface area contributed by atoms with Gasteiger partial charge in [0.1, 0.15) is 34.3 Å². The van der Waals surface area contributed by atoms with Crippen molar-refractivity contribution in [2.45, 2.75) is 84.2 Å². The molecule has 3 aromatic rings. The molecule has 0 radical (unpaired) electrons. The molecule has 14 heteroatoms. The van der Waals surface area contributed by atoms with Gasteiger partial charge < -0.3 is 28.1 Å². The zero-order chi connectivity index (χ0) is 35.6. The van der Waals surface area contributed by atoms with Gasteiger partial charge in [0, 0.05) is 35.7 Å². The van der Waals surface area contributed by atoms with Gasteiger partial charge in [-0.25, -0.2) is 4.57 Å². The molecule has 1 aliphatic heterocycles. The summed E-state index contributed by atoms with van der Waals surface area (Å²) in [5.41, 5.74) is 0.453. The van der Waals surface area contributed by atoms with E-state index >= 15 is 0 Å². The van der Waals surface area contributed by atoms with Crippen LogP contribution in [0.1, 0.15) is 59.4 Å². The number of phenolic OH excluding ortho intramolecular Hbond substituents is 1. The van der Waals surface area contributed by atoms with Gasteiger partial charge in [-0.15, -0.1) is 0 Å². The normalized spacial score (nSPS) is 19.5. The third kappa shape index (κ3) is 8.35. The number of carbonyl (C=O) groups is 1. The van der Waals surface area contributed by atoms with Crippen molar-refractivity contribution in [1.82, 2.24) is 9.99 Å². The Morgan fingerprint density at radius 2 is 1.90 bits per heavy atom. The Balaban J connectivity index is 2.01. The number of esters is 1. The number of ether oxygens (including phenoxy) is 1. The first-order chi connectivity index (χ1) is 22.4. The molecule has 0 saturated carbocycles. The fraction of sp³-hybridized carbons (Fsp3) is 0.529. The molecule has 2 N–H and O–H groups in total. The highest BCUT2D eigenvalue weighted by molar-refractivity contribution is 7.52. The second-order valence-corrected chi connectivity index (χ2v) is 20.5. The molecule has 4 rings (SSSR count). The van der Waals surface area contributed by atoms with Crippen molar-refractivity contribution in [2.75, 3.05) is 33.4 Å². The predicted octanol–water partition coefficient (Wildman–Crippen LogP) is 7.69. The Morgan fingerprint density at radius 3 is 2.52 bits per heavy atom. The average molecular weight is 723 g/mol. The predicted molar refractivity (Wildman–Crippen MR) is 191 cm³/mol. The molecule has 48 heavy (non-hydrogen) atoms. The maximum absolute atomic E-state index is 14.3. The molecule has 264 valence electrons. The molecule has 1 aromatic heterocycles. The molecule has 2 aromatic carbocycles. The maximum atomic E-state index is 14.3. The summed E-state index contributed by atoms with van der Waals surface area (Å²) in [5, 5.41) is 14.2. The van der Waals surface area contributed by atoms with Crippen LogP contribution in [0.3, 0.4) is 0 Å². The van der Waals surface area contributed by atoms with Crippen molar-refractivity contribution < 1.29 is 37.1 Å². The monoisotopic (exact) mass is 722 g/mol. The van der Waals surface area contributed by atoms with Crippen LogP contribution in [0.2, 0.25) is 23.2 Å². The van der Waals surface area contributed by atoms with Gasteiger partial charge in [-0.05, 0) is 71.0 Å². The summed E-state index contributed by atoms with van der Waals surface area (Å²) in [6.45, 7) is 17.0. The largest absolute Gasteiger partial charge is 0.507 e. The van der Waals surface area contributed by atoms with Crippen LogP contribution in [-0.2, 0) is 23.0 Å². The molecule has 0 amide bonds. The molecule has 1 fully saturated rings. The van der Waals surface area contributed by atoms with E-state index in [1.807, 2.05) is 7.05 Å². The van der Waals surface area contributed by atoms with Crippen molar-refractivity contribution in [3.63, 3.8) is 0 Å². The number of likely N-dealkylation sites (tertiary alicyclic amines) is 1. The summed E-state index contributed by atoms with van der Waals surface area (Å²) < 4.78 is 44.8. The number of aromatic hydroxyl groups is 1. The number of nitrogens with one attached hydrogen (secondary N) is 1. The molecule has 0 bridgehead atoms. The van der Waals surface area contributed by atoms with Crippen LogP contribution in [0.15, 0.2) is 45.6 Å². The van der Waals surface area contributed by atoms with Crippen LogP contribution in [-0.4, -0.2) is 69.8 Å². The number of fused-ring (bicyclic) bond motifs is 1. The van der Waals surface area contributed by atoms with Gasteiger partial charge in [-0.1, -0.05) is 44.5 Å². The number of halogens is 1. The molecular weight excluding hydrogens is 675 g/mol. The Kier molecular flexibility index (Phi) is 11.9. The van der Waals surface area contributed by atoms with E-state index in [1.54, 1.807) is 38.1 Å². The lowest BCUT2D eigenvalue weighted by Crippen LogP contribution is -2.51. The number of carbonyl (C=O) groups excluding carboxylic acids is 1. The molecule has 2 heterocycles. The first-order valence-electron chi connectivity index (χ1n) is 16.2. The summed E-state index contributed by atoms with van der Waals surface area (Å²) >= 11 is 6.53. The van der Waals surface area contributed by atoms with Crippen molar-refractivity contribution >= 4 is 44.6 Å². The number of hydrogen-bond donors (Lipinski definition) is 2. The van der Waals surface area contributed by atoms with Crippen molar-refractivity contribution in [1.29, 1.82) is 0 Å². The van der Waals surface area contributed by atoms with Gasteiger partial charge in [0.05, 0.1) is 24.3 Å². The minimum atomic E-state index is -4.29. The van der Waals surface area contributed by atoms with Crippen LogP contribution < -0.4 is 15.0 Å². The standard InChI is InChI=1S/C34H48ClN2O9PSi/c1-10-42-33(40)21(3)36-47(41,43-11-2)45-28-19-26(39)31-25(38)18-27(22-14-12-13-15-24(22)35)44-32(31)30(28)23-16-17-37(7)20-29(23)46-48(8,9)34(4,5)6/h12-15,18-19,21,23,29,39H,10-11,16-17,20H2,1-9H3,(H,36,41)/t21-,23-,29+,47?/m0/s1. The van der Waals surface area contributed by atoms with Gasteiger partial charge in [-0.2, -0.15) is 5.09 Å². The lowest BCUT2D eigenvalue weighted by atomic mass is 9.85. The van der Waals surface area contributed by atoms with Crippen LogP contribution in [0.4, 0.5) is 0 Å². The van der Waals surface area contributed by atoms with Gasteiger partial charge in [0.15, 0.2) is 13.7 Å². The molecule has 1 saturated heterocycles. The average Bonchev–Trinajstić information content (AvgIpc) is 2.97. The van der Waals surface area contributed by atoms with Gasteiger partial charge in [0.25, 0.3) is 0 Å². The second kappa shape index (κ2) is 15.0. The van der Waals surface area contributed by atoms with Gasteiger partial charge >= 0.3 is 13.7 Å². The lowest BCUT2D eigenvalue weighted by Gasteiger charge is -2.45. The summed E-state index contributed by atoms with van der Waals surface area (Å²) in [6.07, 6.45) is 0.185. The van der Waals surface area contributed by atoms with Crippen molar-refractivity contribution in [2.24, 2.45) is 0 Å². The van der Waals surface area contributed by atoms with Crippen LogP contribution in [0.5, 0.6) is 11.5 Å². The van der Waals surface area contributed by atoms with Crippen molar-refractivity contribution in [3.05, 3.63) is 57.2 Å². The first-order valence-corrected chi connectivity index (χ1v) is 21.1. The van der Waals surface area contributed by atoms with E-state index in [0.717, 1.165) is 0 Å². The number of benzene rings is 2. The Morgan fingerprint density at radius 1 is 1.21 bits per heavy atom. The smallest absolute Gasteiger partial charge is 0.459 e. The van der Waals surface area contributed by atoms with E-state index in [9.17, 15) is 19.3 Å². The summed E-state index contributed by atoms with van der Waals surface area (Å²) in [7, 11) is -4.61. The van der Waals surface area contributed by atoms with E-state index in [0.29, 0.717) is 35.7 Å². The molecular formula is C34H48ClN2O9PSi. The highest BCUT2D eigenvalue weighted by Gasteiger charge is 2.44. The fourth-order valence-electron chi connectivity index (χ4n) is 5.55. The van der Waals surface area contributed by atoms with Gasteiger partial charge in [0.2, 0.25) is 0 Å². The van der Waals surface area contributed by atoms with E-state index in [1.165, 1.54) is 19.1 Å². The molecule has 0 spiro atoms. The number of phenols is 1. The van der Waals surface area contributed by atoms with E-state index in [2.05, 4.69) is 43.9 Å². The van der Waals surface area contributed by atoms with E-state index < -0.39 is 45.2 Å². The summed E-state index contributed by atoms with van der Waals surface area (Å²) in [6, 6.07) is 8.46. The molecule has 1 unspecified atom stereocenters. The minimum Gasteiger partial charge on any atom is -0.507 e. The third-order valence-electron chi connectivity index (χ3n) is 9.02. The van der Waals surface area contributed by atoms with Crippen molar-refractivity contribution in [3.8, 4) is 22.8 Å². The minimum absolute atomic E-state index is 0.0220. The van der Waals surface area contributed by atoms with Gasteiger partial charge in [-0.3, -0.25) is 14.1 Å². The van der Waals surface area contributed by atoms with Crippen LogP contribution in [0.25, 0.3) is 22.3 Å². The quantitative estimate of drug-likeness (QED) is 0.108. The SMILES string of the molecule is CCOC(=O)[C@H](C)NP(=O)(OCC)Oc1cc(O)c2c(=O)cc(-c3ccccc3Cl)oc2c1[C@H]1CCN(C)C[C@H]1O[Si](C)(C)C(C)(C)C. The first kappa shape index (κ1) is 38.1. The number of hydrogen-bond acceptors (Lipinski definition) is 10. The number of likely N-dealkylation sites (N-methyl/N-ethyl adjacent to an activating group) is 1.